The molecular formula is C12H23NO. The predicted molar refractivity (Wildman–Crippen MR) is 61.2 cm³/mol. The van der Waals surface area contributed by atoms with Crippen molar-refractivity contribution in [1.29, 1.82) is 0 Å². The minimum Gasteiger partial charge on any atom is -0.377 e. The summed E-state index contributed by atoms with van der Waals surface area (Å²) in [5.41, 5.74) is 0. The molecule has 0 rings (SSSR count). The second kappa shape index (κ2) is 7.84. The van der Waals surface area contributed by atoms with Gasteiger partial charge in [-0.1, -0.05) is 13.8 Å². The predicted octanol–water partition coefficient (Wildman–Crippen LogP) is 2.05. The summed E-state index contributed by atoms with van der Waals surface area (Å²) >= 11 is 0. The molecule has 2 nitrogen and oxygen atoms in total. The molecule has 0 aliphatic rings. The molecule has 0 spiro atoms. The fraction of sp³-hybridized carbons (Fsp3) is 0.833. The number of ether oxygens (including phenoxy) is 1. The Hall–Kier alpha value is -0.520. The van der Waals surface area contributed by atoms with Crippen LogP contribution < -0.4 is 5.32 Å². The first-order valence-electron chi connectivity index (χ1n) is 5.39. The van der Waals surface area contributed by atoms with Gasteiger partial charge in [0, 0.05) is 19.1 Å². The van der Waals surface area contributed by atoms with Crippen molar-refractivity contribution in [2.24, 2.45) is 5.92 Å². The van der Waals surface area contributed by atoms with Gasteiger partial charge in [0.2, 0.25) is 0 Å². The smallest absolute Gasteiger partial charge is 0.0750 e. The number of hydrogen-bond donors (Lipinski definition) is 1. The number of rotatable bonds is 7. The van der Waals surface area contributed by atoms with Crippen LogP contribution >= 0.6 is 0 Å². The van der Waals surface area contributed by atoms with Crippen molar-refractivity contribution in [3.8, 4) is 12.3 Å². The minimum atomic E-state index is 0.262. The van der Waals surface area contributed by atoms with E-state index in [9.17, 15) is 0 Å². The van der Waals surface area contributed by atoms with Crippen LogP contribution in [0.3, 0.4) is 0 Å². The molecule has 2 atom stereocenters. The van der Waals surface area contributed by atoms with Crippen LogP contribution in [-0.2, 0) is 4.74 Å². The van der Waals surface area contributed by atoms with Gasteiger partial charge in [0.25, 0.3) is 0 Å². The zero-order chi connectivity index (χ0) is 11.0. The van der Waals surface area contributed by atoms with Crippen LogP contribution in [0.2, 0.25) is 0 Å². The Morgan fingerprint density at radius 2 is 2.07 bits per heavy atom. The fourth-order valence-corrected chi connectivity index (χ4v) is 1.68. The van der Waals surface area contributed by atoms with E-state index < -0.39 is 0 Å². The number of likely N-dealkylation sites (N-methyl/N-ethyl adjacent to an activating group) is 1. The van der Waals surface area contributed by atoms with Crippen LogP contribution in [0.5, 0.6) is 0 Å². The molecule has 0 bridgehead atoms. The SMILES string of the molecule is C#CCCC(NC)C(OCC)C(C)C. The Morgan fingerprint density at radius 3 is 2.43 bits per heavy atom. The fourth-order valence-electron chi connectivity index (χ4n) is 1.68. The highest BCUT2D eigenvalue weighted by Crippen LogP contribution is 2.14. The number of terminal acetylenes is 1. The van der Waals surface area contributed by atoms with E-state index in [1.54, 1.807) is 0 Å². The summed E-state index contributed by atoms with van der Waals surface area (Å²) in [6, 6.07) is 0.367. The average molecular weight is 197 g/mol. The molecule has 0 aliphatic heterocycles. The Labute approximate surface area is 88.4 Å². The van der Waals surface area contributed by atoms with Crippen LogP contribution in [-0.4, -0.2) is 25.8 Å². The van der Waals surface area contributed by atoms with Crippen molar-refractivity contribution in [3.63, 3.8) is 0 Å². The quantitative estimate of drug-likeness (QED) is 0.631. The maximum Gasteiger partial charge on any atom is 0.0750 e. The lowest BCUT2D eigenvalue weighted by atomic mass is 9.96. The molecule has 0 saturated heterocycles. The highest BCUT2D eigenvalue weighted by molar-refractivity contribution is 4.88. The third-order valence-corrected chi connectivity index (χ3v) is 2.38. The molecule has 2 unspecified atom stereocenters. The van der Waals surface area contributed by atoms with Gasteiger partial charge in [-0.2, -0.15) is 0 Å². The van der Waals surface area contributed by atoms with Gasteiger partial charge < -0.3 is 10.1 Å². The van der Waals surface area contributed by atoms with Gasteiger partial charge in [-0.05, 0) is 26.3 Å². The molecule has 0 saturated carbocycles. The molecule has 0 aromatic carbocycles. The lowest BCUT2D eigenvalue weighted by Gasteiger charge is -2.29. The second-order valence-corrected chi connectivity index (χ2v) is 3.80. The Balaban J connectivity index is 4.19. The van der Waals surface area contributed by atoms with Crippen molar-refractivity contribution in [1.82, 2.24) is 5.32 Å². The van der Waals surface area contributed by atoms with E-state index in [2.05, 4.69) is 25.1 Å². The molecule has 82 valence electrons. The topological polar surface area (TPSA) is 21.3 Å². The first kappa shape index (κ1) is 13.5. The van der Waals surface area contributed by atoms with E-state index in [1.807, 2.05) is 14.0 Å². The lowest BCUT2D eigenvalue weighted by Crippen LogP contribution is -2.42. The van der Waals surface area contributed by atoms with Gasteiger partial charge in [-0.3, -0.25) is 0 Å². The van der Waals surface area contributed by atoms with E-state index in [0.717, 1.165) is 19.4 Å². The molecule has 0 amide bonds. The van der Waals surface area contributed by atoms with Crippen LogP contribution in [0.1, 0.15) is 33.6 Å². The molecule has 0 aromatic rings. The summed E-state index contributed by atoms with van der Waals surface area (Å²) in [7, 11) is 1.97. The molecular weight excluding hydrogens is 174 g/mol. The van der Waals surface area contributed by atoms with Gasteiger partial charge >= 0.3 is 0 Å². The summed E-state index contributed by atoms with van der Waals surface area (Å²) in [6.07, 6.45) is 7.31. The Morgan fingerprint density at radius 1 is 1.43 bits per heavy atom. The molecule has 0 aliphatic carbocycles. The van der Waals surface area contributed by atoms with Crippen molar-refractivity contribution in [2.75, 3.05) is 13.7 Å². The van der Waals surface area contributed by atoms with E-state index in [4.69, 9.17) is 11.2 Å². The molecule has 0 aromatic heterocycles. The van der Waals surface area contributed by atoms with E-state index in [0.29, 0.717) is 12.0 Å². The van der Waals surface area contributed by atoms with Crippen LogP contribution in [0.25, 0.3) is 0 Å². The molecule has 0 radical (unpaired) electrons. The van der Waals surface area contributed by atoms with Gasteiger partial charge in [-0.15, -0.1) is 12.3 Å². The normalized spacial score (nSPS) is 15.1. The monoisotopic (exact) mass is 197 g/mol. The third-order valence-electron chi connectivity index (χ3n) is 2.38. The van der Waals surface area contributed by atoms with Crippen LogP contribution in [0.4, 0.5) is 0 Å². The van der Waals surface area contributed by atoms with Gasteiger partial charge in [0.1, 0.15) is 0 Å². The molecule has 2 heteroatoms. The van der Waals surface area contributed by atoms with Crippen molar-refractivity contribution >= 4 is 0 Å². The summed E-state index contributed by atoms with van der Waals surface area (Å²) in [5.74, 6) is 3.19. The summed E-state index contributed by atoms with van der Waals surface area (Å²) < 4.78 is 5.72. The van der Waals surface area contributed by atoms with Crippen molar-refractivity contribution < 1.29 is 4.74 Å². The first-order chi connectivity index (χ1) is 6.67. The maximum absolute atomic E-state index is 5.72. The summed E-state index contributed by atoms with van der Waals surface area (Å²) in [6.45, 7) is 7.15. The zero-order valence-corrected chi connectivity index (χ0v) is 9.84. The maximum atomic E-state index is 5.72. The third kappa shape index (κ3) is 4.64. The standard InChI is InChI=1S/C12H23NO/c1-6-8-9-11(13-5)12(10(3)4)14-7-2/h1,10-13H,7-9H2,2-5H3. The van der Waals surface area contributed by atoms with E-state index >= 15 is 0 Å². The van der Waals surface area contributed by atoms with Crippen molar-refractivity contribution in [2.45, 2.75) is 45.8 Å². The molecule has 14 heavy (non-hydrogen) atoms. The largest absolute Gasteiger partial charge is 0.377 e. The molecule has 1 N–H and O–H groups in total. The van der Waals surface area contributed by atoms with Crippen LogP contribution in [0.15, 0.2) is 0 Å². The van der Waals surface area contributed by atoms with Crippen molar-refractivity contribution in [3.05, 3.63) is 0 Å². The van der Waals surface area contributed by atoms with E-state index in [1.165, 1.54) is 0 Å². The lowest BCUT2D eigenvalue weighted by molar-refractivity contribution is 0.00364. The minimum absolute atomic E-state index is 0.262. The van der Waals surface area contributed by atoms with E-state index in [-0.39, 0.29) is 6.10 Å². The summed E-state index contributed by atoms with van der Waals surface area (Å²) in [4.78, 5) is 0. The Kier molecular flexibility index (Phi) is 7.55. The Bertz CT molecular complexity index is 172. The number of hydrogen-bond acceptors (Lipinski definition) is 2. The number of nitrogens with one attached hydrogen (secondary N) is 1. The van der Waals surface area contributed by atoms with Gasteiger partial charge in [0.15, 0.2) is 0 Å². The van der Waals surface area contributed by atoms with Gasteiger partial charge in [0.05, 0.1) is 6.10 Å². The summed E-state index contributed by atoms with van der Waals surface area (Å²) in [5, 5.41) is 3.28. The highest BCUT2D eigenvalue weighted by atomic mass is 16.5. The average Bonchev–Trinajstić information content (AvgIpc) is 2.17. The van der Waals surface area contributed by atoms with Gasteiger partial charge in [-0.25, -0.2) is 0 Å². The highest BCUT2D eigenvalue weighted by Gasteiger charge is 2.22. The van der Waals surface area contributed by atoms with Crippen LogP contribution in [0, 0.1) is 18.3 Å². The first-order valence-corrected chi connectivity index (χ1v) is 5.39. The molecule has 0 fully saturated rings. The zero-order valence-electron chi connectivity index (χ0n) is 9.84. The second-order valence-electron chi connectivity index (χ2n) is 3.80. The molecule has 0 heterocycles.